The lowest BCUT2D eigenvalue weighted by Gasteiger charge is -2.11. The molecule has 0 saturated carbocycles. The van der Waals surface area contributed by atoms with Gasteiger partial charge in [0.05, 0.1) is 4.90 Å². The lowest BCUT2D eigenvalue weighted by atomic mass is 9.98. The number of hydrogen-bond donors (Lipinski definition) is 1. The largest absolute Gasteiger partial charge is 0.294 e. The molecule has 0 heterocycles. The predicted octanol–water partition coefficient (Wildman–Crippen LogP) is 15.7. The maximum atomic E-state index is 12.3. The Morgan fingerprint density at radius 2 is 0.740 bits per heavy atom. The first kappa shape index (κ1) is 44.8. The molecule has 0 atom stereocenters. The van der Waals surface area contributed by atoms with Crippen LogP contribution in [-0.4, -0.2) is 13.0 Å². The highest BCUT2D eigenvalue weighted by molar-refractivity contribution is 7.85. The predicted molar refractivity (Wildman–Crippen MR) is 220 cm³/mol. The number of unbranched alkanes of at least 4 members (excludes halogenated alkanes) is 30. The van der Waals surface area contributed by atoms with Gasteiger partial charge in [0, 0.05) is 0 Å². The quantitative estimate of drug-likeness (QED) is 0.0572. The molecule has 0 unspecified atom stereocenters. The molecule has 288 valence electrons. The zero-order valence-electron chi connectivity index (χ0n) is 33.1. The van der Waals surface area contributed by atoms with Gasteiger partial charge in [-0.3, -0.25) is 4.55 Å². The van der Waals surface area contributed by atoms with Crippen LogP contribution >= 0.6 is 0 Å². The normalized spacial score (nSPS) is 12.0. The molecular formula is C46H80O3S. The van der Waals surface area contributed by atoms with Crippen LogP contribution in [0.1, 0.15) is 230 Å². The number of rotatable bonds is 35. The molecule has 0 fully saturated rings. The molecule has 2 rings (SSSR count). The first-order valence-electron chi connectivity index (χ1n) is 22.0. The summed E-state index contributed by atoms with van der Waals surface area (Å²) in [4.78, 5) is 0.102. The van der Waals surface area contributed by atoms with Gasteiger partial charge in [-0.05, 0) is 59.7 Å². The number of fused-ring (bicyclic) bond motifs is 1. The molecule has 0 amide bonds. The van der Waals surface area contributed by atoms with Crippen molar-refractivity contribution in [3.8, 4) is 0 Å². The molecule has 0 aliphatic carbocycles. The minimum absolute atomic E-state index is 0.102. The van der Waals surface area contributed by atoms with Crippen LogP contribution in [0.25, 0.3) is 10.8 Å². The van der Waals surface area contributed by atoms with Crippen molar-refractivity contribution in [2.75, 3.05) is 0 Å². The monoisotopic (exact) mass is 713 g/mol. The fraction of sp³-hybridized carbons (Fsp3) is 0.783. The Morgan fingerprint density at radius 1 is 0.400 bits per heavy atom. The van der Waals surface area contributed by atoms with Crippen molar-refractivity contribution in [1.82, 2.24) is 0 Å². The Kier molecular flexibility index (Phi) is 27.0. The fourth-order valence-electron chi connectivity index (χ4n) is 7.71. The van der Waals surface area contributed by atoms with Gasteiger partial charge in [0.25, 0.3) is 10.1 Å². The van der Waals surface area contributed by atoms with Crippen LogP contribution in [0.5, 0.6) is 0 Å². The third-order valence-electron chi connectivity index (χ3n) is 11.0. The van der Waals surface area contributed by atoms with Crippen LogP contribution in [0.15, 0.2) is 35.2 Å². The average Bonchev–Trinajstić information content (AvgIpc) is 3.10. The number of hydrogen-bond acceptors (Lipinski definition) is 2. The van der Waals surface area contributed by atoms with Crippen LogP contribution in [0.3, 0.4) is 0 Å². The van der Waals surface area contributed by atoms with Crippen LogP contribution in [0.4, 0.5) is 0 Å². The molecule has 2 aromatic carbocycles. The maximum absolute atomic E-state index is 12.3. The Labute approximate surface area is 311 Å². The summed E-state index contributed by atoms with van der Waals surface area (Å²) in [6.07, 6.45) is 44.9. The third-order valence-corrected chi connectivity index (χ3v) is 11.9. The van der Waals surface area contributed by atoms with Gasteiger partial charge in [0.1, 0.15) is 0 Å². The zero-order valence-corrected chi connectivity index (χ0v) is 33.9. The second kappa shape index (κ2) is 30.1. The van der Waals surface area contributed by atoms with E-state index in [1.807, 2.05) is 6.07 Å². The van der Waals surface area contributed by atoms with Gasteiger partial charge in [-0.15, -0.1) is 0 Å². The van der Waals surface area contributed by atoms with E-state index in [0.717, 1.165) is 35.6 Å². The van der Waals surface area contributed by atoms with Crippen LogP contribution in [0.2, 0.25) is 0 Å². The minimum atomic E-state index is -4.25. The van der Waals surface area contributed by atoms with Crippen LogP contribution < -0.4 is 0 Å². The first-order chi connectivity index (χ1) is 24.5. The van der Waals surface area contributed by atoms with E-state index in [4.69, 9.17) is 0 Å². The lowest BCUT2D eigenvalue weighted by Crippen LogP contribution is -2.04. The second-order valence-electron chi connectivity index (χ2n) is 15.7. The Morgan fingerprint density at radius 3 is 1.10 bits per heavy atom. The summed E-state index contributed by atoms with van der Waals surface area (Å²) in [7, 11) is -4.25. The van der Waals surface area contributed by atoms with Crippen molar-refractivity contribution in [3.63, 3.8) is 0 Å². The van der Waals surface area contributed by atoms with E-state index in [1.54, 1.807) is 6.07 Å². The lowest BCUT2D eigenvalue weighted by molar-refractivity contribution is 0.481. The number of aryl methyl sites for hydroxylation is 2. The van der Waals surface area contributed by atoms with Gasteiger partial charge in [-0.1, -0.05) is 225 Å². The van der Waals surface area contributed by atoms with E-state index in [2.05, 4.69) is 32.0 Å². The van der Waals surface area contributed by atoms with Crippen molar-refractivity contribution in [2.45, 2.75) is 237 Å². The van der Waals surface area contributed by atoms with Gasteiger partial charge < -0.3 is 0 Å². The molecule has 1 N–H and O–H groups in total. The SMILES string of the molecule is CCCCCCCCCCCCCCCCCCc1ccc2cc(CCCCCCCCCCCCCCCCCC)c(S(=O)(=O)O)cc2c1. The van der Waals surface area contributed by atoms with Crippen molar-refractivity contribution >= 4 is 20.9 Å². The molecule has 2 aromatic rings. The van der Waals surface area contributed by atoms with E-state index in [9.17, 15) is 13.0 Å². The van der Waals surface area contributed by atoms with Crippen molar-refractivity contribution in [3.05, 3.63) is 41.5 Å². The topological polar surface area (TPSA) is 54.4 Å². The van der Waals surface area contributed by atoms with E-state index >= 15 is 0 Å². The van der Waals surface area contributed by atoms with Crippen molar-refractivity contribution < 1.29 is 13.0 Å². The molecule has 50 heavy (non-hydrogen) atoms. The summed E-state index contributed by atoms with van der Waals surface area (Å²) in [6, 6.07) is 10.2. The van der Waals surface area contributed by atoms with Gasteiger partial charge >= 0.3 is 0 Å². The third kappa shape index (κ3) is 22.5. The Balaban J connectivity index is 1.57. The highest BCUT2D eigenvalue weighted by Crippen LogP contribution is 2.27. The summed E-state index contributed by atoms with van der Waals surface area (Å²) in [5.41, 5.74) is 2.02. The zero-order chi connectivity index (χ0) is 36.0. The molecule has 0 radical (unpaired) electrons. The van der Waals surface area contributed by atoms with E-state index in [0.29, 0.717) is 6.42 Å². The first-order valence-corrected chi connectivity index (χ1v) is 23.4. The van der Waals surface area contributed by atoms with Crippen LogP contribution in [0, 0.1) is 0 Å². The smallest absolute Gasteiger partial charge is 0.282 e. The minimum Gasteiger partial charge on any atom is -0.282 e. The molecular weight excluding hydrogens is 633 g/mol. The molecule has 3 nitrogen and oxygen atoms in total. The summed E-state index contributed by atoms with van der Waals surface area (Å²) in [6.45, 7) is 4.57. The standard InChI is InChI=1S/C46H80O3S/c1-3-5-7-9-11-13-15-17-19-21-23-25-27-29-31-33-35-42-37-38-43-40-44(46(50(47,48)49)41-45(43)39-42)36-34-32-30-28-26-24-22-20-18-16-14-12-10-8-6-4-2/h37-41H,3-36H2,1-2H3,(H,47,48,49). The molecule has 0 aliphatic rings. The van der Waals surface area contributed by atoms with Crippen LogP contribution in [-0.2, 0) is 23.0 Å². The van der Waals surface area contributed by atoms with E-state index in [1.165, 1.54) is 198 Å². The van der Waals surface area contributed by atoms with Gasteiger partial charge in [-0.25, -0.2) is 0 Å². The Bertz CT molecular complexity index is 1190. The van der Waals surface area contributed by atoms with Gasteiger partial charge in [0.15, 0.2) is 0 Å². The molecule has 0 bridgehead atoms. The Hall–Kier alpha value is -1.39. The fourth-order valence-corrected chi connectivity index (χ4v) is 8.47. The highest BCUT2D eigenvalue weighted by Gasteiger charge is 2.17. The molecule has 0 saturated heterocycles. The van der Waals surface area contributed by atoms with E-state index in [-0.39, 0.29) is 4.90 Å². The number of benzene rings is 2. The van der Waals surface area contributed by atoms with Crippen molar-refractivity contribution in [2.24, 2.45) is 0 Å². The summed E-state index contributed by atoms with van der Waals surface area (Å²) < 4.78 is 34.8. The highest BCUT2D eigenvalue weighted by atomic mass is 32.2. The summed E-state index contributed by atoms with van der Waals surface area (Å²) >= 11 is 0. The maximum Gasteiger partial charge on any atom is 0.294 e. The van der Waals surface area contributed by atoms with Crippen molar-refractivity contribution in [1.29, 1.82) is 0 Å². The van der Waals surface area contributed by atoms with Gasteiger partial charge in [-0.2, -0.15) is 8.42 Å². The second-order valence-corrected chi connectivity index (χ2v) is 17.1. The molecule has 0 aromatic heterocycles. The summed E-state index contributed by atoms with van der Waals surface area (Å²) in [5, 5.41) is 1.99. The average molecular weight is 713 g/mol. The molecule has 4 heteroatoms. The molecule has 0 spiro atoms. The summed E-state index contributed by atoms with van der Waals surface area (Å²) in [5.74, 6) is 0. The van der Waals surface area contributed by atoms with Gasteiger partial charge in [0.2, 0.25) is 0 Å². The molecule has 0 aliphatic heterocycles. The van der Waals surface area contributed by atoms with E-state index < -0.39 is 10.1 Å².